The SMILES string of the molecule is Nc1ccc(-c2ccc(OC(=O)c3ccc(C4=C=CC=C4)cc3)cc2)cc1. The van der Waals surface area contributed by atoms with Crippen LogP contribution in [0.25, 0.3) is 16.7 Å². The maximum Gasteiger partial charge on any atom is 0.343 e. The molecule has 130 valence electrons. The average Bonchev–Trinajstić information content (AvgIpc) is 3.24. The molecule has 1 aliphatic carbocycles. The fourth-order valence-electron chi connectivity index (χ4n) is 2.85. The first-order chi connectivity index (χ1) is 13.2. The number of nitrogen functional groups attached to an aromatic ring is 1. The molecule has 0 spiro atoms. The molecule has 2 N–H and O–H groups in total. The Labute approximate surface area is 157 Å². The number of esters is 1. The third-order valence-corrected chi connectivity index (χ3v) is 4.34. The summed E-state index contributed by atoms with van der Waals surface area (Å²) < 4.78 is 5.47. The third-order valence-electron chi connectivity index (χ3n) is 4.34. The highest BCUT2D eigenvalue weighted by Crippen LogP contribution is 2.24. The number of carbonyl (C=O) groups excluding carboxylic acids is 1. The van der Waals surface area contributed by atoms with Gasteiger partial charge in [0.1, 0.15) is 5.75 Å². The third kappa shape index (κ3) is 3.74. The second-order valence-electron chi connectivity index (χ2n) is 6.20. The Morgan fingerprint density at radius 3 is 1.96 bits per heavy atom. The van der Waals surface area contributed by atoms with Crippen molar-refractivity contribution in [3.63, 3.8) is 0 Å². The van der Waals surface area contributed by atoms with E-state index in [1.807, 2.05) is 66.8 Å². The molecule has 4 rings (SSSR count). The molecule has 3 nitrogen and oxygen atoms in total. The number of benzene rings is 3. The normalized spacial score (nSPS) is 12.1. The van der Waals surface area contributed by atoms with Crippen LogP contribution < -0.4 is 10.5 Å². The van der Waals surface area contributed by atoms with Crippen molar-refractivity contribution in [3.05, 3.63) is 108 Å². The van der Waals surface area contributed by atoms with Crippen LogP contribution in [-0.4, -0.2) is 5.97 Å². The van der Waals surface area contributed by atoms with E-state index in [0.717, 1.165) is 28.0 Å². The van der Waals surface area contributed by atoms with Gasteiger partial charge >= 0.3 is 5.97 Å². The Morgan fingerprint density at radius 2 is 1.37 bits per heavy atom. The van der Waals surface area contributed by atoms with Crippen LogP contribution in [0.5, 0.6) is 5.75 Å². The van der Waals surface area contributed by atoms with Crippen molar-refractivity contribution in [3.8, 4) is 16.9 Å². The summed E-state index contributed by atoms with van der Waals surface area (Å²) in [4.78, 5) is 12.4. The van der Waals surface area contributed by atoms with Gasteiger partial charge in [0.05, 0.1) is 5.56 Å². The number of rotatable bonds is 4. The molecule has 0 amide bonds. The smallest absolute Gasteiger partial charge is 0.343 e. The zero-order chi connectivity index (χ0) is 18.6. The van der Waals surface area contributed by atoms with E-state index in [4.69, 9.17) is 10.5 Å². The fraction of sp³-hybridized carbons (Fsp3) is 0. The van der Waals surface area contributed by atoms with E-state index in [-0.39, 0.29) is 5.97 Å². The van der Waals surface area contributed by atoms with Crippen molar-refractivity contribution < 1.29 is 9.53 Å². The first kappa shape index (κ1) is 16.6. The maximum absolute atomic E-state index is 12.4. The highest BCUT2D eigenvalue weighted by Gasteiger charge is 2.10. The molecule has 0 aliphatic heterocycles. The van der Waals surface area contributed by atoms with Gasteiger partial charge in [-0.15, -0.1) is 5.73 Å². The summed E-state index contributed by atoms with van der Waals surface area (Å²) in [6.07, 6.45) is 5.78. The molecule has 1 aliphatic rings. The van der Waals surface area contributed by atoms with Gasteiger partial charge in [-0.05, 0) is 65.2 Å². The van der Waals surface area contributed by atoms with Crippen LogP contribution in [0.1, 0.15) is 15.9 Å². The Morgan fingerprint density at radius 1 is 0.778 bits per heavy atom. The summed E-state index contributed by atoms with van der Waals surface area (Å²) in [5, 5.41) is 0. The molecule has 3 heteroatoms. The van der Waals surface area contributed by atoms with E-state index in [9.17, 15) is 4.79 Å². The molecular formula is C24H17NO2. The maximum atomic E-state index is 12.4. The molecule has 0 bridgehead atoms. The van der Waals surface area contributed by atoms with Crippen LogP contribution in [0, 0.1) is 0 Å². The molecule has 0 atom stereocenters. The van der Waals surface area contributed by atoms with Crippen molar-refractivity contribution in [2.45, 2.75) is 0 Å². The molecule has 0 fully saturated rings. The summed E-state index contributed by atoms with van der Waals surface area (Å²) in [6, 6.07) is 22.4. The van der Waals surface area contributed by atoms with E-state index in [1.54, 1.807) is 24.3 Å². The molecular weight excluding hydrogens is 334 g/mol. The van der Waals surface area contributed by atoms with Crippen molar-refractivity contribution in [2.24, 2.45) is 0 Å². The number of carbonyl (C=O) groups is 1. The lowest BCUT2D eigenvalue weighted by atomic mass is 10.1. The van der Waals surface area contributed by atoms with E-state index >= 15 is 0 Å². The average molecular weight is 351 g/mol. The molecule has 0 aromatic heterocycles. The van der Waals surface area contributed by atoms with E-state index in [2.05, 4.69) is 5.73 Å². The number of allylic oxidation sites excluding steroid dienone is 3. The van der Waals surface area contributed by atoms with Crippen LogP contribution in [0.3, 0.4) is 0 Å². The molecule has 3 aromatic rings. The summed E-state index contributed by atoms with van der Waals surface area (Å²) in [6.45, 7) is 0. The zero-order valence-corrected chi connectivity index (χ0v) is 14.6. The Bertz CT molecular complexity index is 1070. The lowest BCUT2D eigenvalue weighted by molar-refractivity contribution is 0.0735. The van der Waals surface area contributed by atoms with Gasteiger partial charge in [-0.25, -0.2) is 4.79 Å². The van der Waals surface area contributed by atoms with Gasteiger partial charge in [0.25, 0.3) is 0 Å². The van der Waals surface area contributed by atoms with E-state index in [1.165, 1.54) is 0 Å². The number of ether oxygens (including phenoxy) is 1. The second-order valence-corrected chi connectivity index (χ2v) is 6.20. The van der Waals surface area contributed by atoms with E-state index < -0.39 is 0 Å². The van der Waals surface area contributed by atoms with Gasteiger partial charge in [0, 0.05) is 11.3 Å². The number of nitrogens with two attached hydrogens (primary N) is 1. The monoisotopic (exact) mass is 351 g/mol. The molecule has 27 heavy (non-hydrogen) atoms. The summed E-state index contributed by atoms with van der Waals surface area (Å²) in [5.41, 5.74) is 14.2. The van der Waals surface area contributed by atoms with Crippen LogP contribution in [0.15, 0.2) is 96.8 Å². The topological polar surface area (TPSA) is 52.3 Å². The van der Waals surface area contributed by atoms with Crippen LogP contribution in [-0.2, 0) is 0 Å². The van der Waals surface area contributed by atoms with Gasteiger partial charge in [0.15, 0.2) is 0 Å². The highest BCUT2D eigenvalue weighted by atomic mass is 16.5. The van der Waals surface area contributed by atoms with Crippen LogP contribution >= 0.6 is 0 Å². The van der Waals surface area contributed by atoms with Crippen LogP contribution in [0.2, 0.25) is 0 Å². The summed E-state index contributed by atoms with van der Waals surface area (Å²) in [7, 11) is 0. The number of hydrogen-bond donors (Lipinski definition) is 1. The van der Waals surface area contributed by atoms with Crippen molar-refractivity contribution in [1.29, 1.82) is 0 Å². The molecule has 0 saturated carbocycles. The molecule has 3 aromatic carbocycles. The molecule has 0 heterocycles. The first-order valence-electron chi connectivity index (χ1n) is 8.61. The van der Waals surface area contributed by atoms with E-state index in [0.29, 0.717) is 11.3 Å². The van der Waals surface area contributed by atoms with Crippen molar-refractivity contribution in [2.75, 3.05) is 5.73 Å². The summed E-state index contributed by atoms with van der Waals surface area (Å²) in [5.74, 6) is 0.126. The minimum Gasteiger partial charge on any atom is -0.423 e. The first-order valence-corrected chi connectivity index (χ1v) is 8.61. The second kappa shape index (κ2) is 7.20. The molecule has 0 saturated heterocycles. The minimum absolute atomic E-state index is 0.381. The fourth-order valence-corrected chi connectivity index (χ4v) is 2.85. The van der Waals surface area contributed by atoms with Gasteiger partial charge in [-0.2, -0.15) is 0 Å². The predicted molar refractivity (Wildman–Crippen MR) is 108 cm³/mol. The van der Waals surface area contributed by atoms with Gasteiger partial charge in [-0.3, -0.25) is 0 Å². The lowest BCUT2D eigenvalue weighted by Gasteiger charge is -2.07. The zero-order valence-electron chi connectivity index (χ0n) is 14.6. The minimum atomic E-state index is -0.381. The quantitative estimate of drug-likeness (QED) is 0.302. The Hall–Kier alpha value is -3.81. The Kier molecular flexibility index (Phi) is 4.44. The van der Waals surface area contributed by atoms with Crippen molar-refractivity contribution >= 4 is 17.2 Å². The van der Waals surface area contributed by atoms with Crippen LogP contribution in [0.4, 0.5) is 5.69 Å². The largest absolute Gasteiger partial charge is 0.423 e. The van der Waals surface area contributed by atoms with Gasteiger partial charge in [-0.1, -0.05) is 42.5 Å². The standard InChI is InChI=1S/C24H17NO2/c25-22-13-9-19(10-14-22)20-11-15-23(16-12-20)27-24(26)21-7-5-18(6-8-21)17-3-1-2-4-17/h1-3,5-16H,25H2. The Balaban J connectivity index is 1.45. The van der Waals surface area contributed by atoms with Crippen molar-refractivity contribution in [1.82, 2.24) is 0 Å². The highest BCUT2D eigenvalue weighted by molar-refractivity contribution is 5.91. The van der Waals surface area contributed by atoms with Gasteiger partial charge < -0.3 is 10.5 Å². The summed E-state index contributed by atoms with van der Waals surface area (Å²) >= 11 is 0. The van der Waals surface area contributed by atoms with Gasteiger partial charge in [0.2, 0.25) is 0 Å². The lowest BCUT2D eigenvalue weighted by Crippen LogP contribution is -2.08. The molecule has 0 radical (unpaired) electrons. The predicted octanol–water partition coefficient (Wildman–Crippen LogP) is 5.26. The molecule has 0 unspecified atom stereocenters. The number of hydrogen-bond acceptors (Lipinski definition) is 3. The number of anilines is 1.